The molecule has 4 rings (SSSR count). The summed E-state index contributed by atoms with van der Waals surface area (Å²) in [6.45, 7) is 2.15. The second-order valence-electron chi connectivity index (χ2n) is 5.56. The Balaban J connectivity index is 1.46. The van der Waals surface area contributed by atoms with Crippen LogP contribution in [0.1, 0.15) is 18.2 Å². The van der Waals surface area contributed by atoms with Gasteiger partial charge in [0.15, 0.2) is 5.82 Å². The van der Waals surface area contributed by atoms with E-state index in [0.29, 0.717) is 5.75 Å². The number of fused-ring (bicyclic) bond motifs is 1. The number of aromatic amines is 1. The largest absolute Gasteiger partial charge is 0.460 e. The third kappa shape index (κ3) is 3.08. The molecule has 0 amide bonds. The van der Waals surface area contributed by atoms with E-state index in [2.05, 4.69) is 58.5 Å². The van der Waals surface area contributed by atoms with E-state index < -0.39 is 0 Å². The molecule has 2 aromatic heterocycles. The highest BCUT2D eigenvalue weighted by atomic mass is 32.2. The van der Waals surface area contributed by atoms with Gasteiger partial charge in [-0.2, -0.15) is 0 Å². The first-order valence-electron chi connectivity index (χ1n) is 7.94. The topological polar surface area (TPSA) is 54.7 Å². The number of benzene rings is 2. The lowest BCUT2D eigenvalue weighted by atomic mass is 10.1. The van der Waals surface area contributed by atoms with E-state index in [1.54, 1.807) is 11.8 Å². The van der Waals surface area contributed by atoms with Crippen molar-refractivity contribution in [3.05, 3.63) is 65.9 Å². The van der Waals surface area contributed by atoms with Crippen LogP contribution in [0, 0.1) is 0 Å². The first-order valence-corrected chi connectivity index (χ1v) is 8.92. The van der Waals surface area contributed by atoms with Gasteiger partial charge in [-0.05, 0) is 24.1 Å². The Kier molecular flexibility index (Phi) is 4.09. The standard InChI is InChI=1S/C19H17N3OS/c1-2-13-7-9-14(10-8-13)18-20-19(22-21-18)24-12-16-11-15-5-3-4-6-17(15)23-16/h3-11H,2,12H2,1H3,(H,20,21,22). The molecular weight excluding hydrogens is 318 g/mol. The van der Waals surface area contributed by atoms with Gasteiger partial charge < -0.3 is 4.42 Å². The number of aromatic nitrogens is 3. The SMILES string of the molecule is CCc1ccc(-c2nc(SCc3cc4ccccc4o3)n[nH]2)cc1. The highest BCUT2D eigenvalue weighted by Crippen LogP contribution is 2.26. The molecule has 0 atom stereocenters. The molecular formula is C19H17N3OS. The van der Waals surface area contributed by atoms with E-state index >= 15 is 0 Å². The third-order valence-corrected chi connectivity index (χ3v) is 4.79. The van der Waals surface area contributed by atoms with Gasteiger partial charge in [-0.1, -0.05) is 61.2 Å². The number of hydrogen-bond acceptors (Lipinski definition) is 4. The van der Waals surface area contributed by atoms with Crippen LogP contribution >= 0.6 is 11.8 Å². The van der Waals surface area contributed by atoms with E-state index in [0.717, 1.165) is 39.7 Å². The first kappa shape index (κ1) is 15.0. The summed E-state index contributed by atoms with van der Waals surface area (Å²) in [6.07, 6.45) is 1.04. The molecule has 120 valence electrons. The molecule has 1 N–H and O–H groups in total. The predicted molar refractivity (Wildman–Crippen MR) is 97.0 cm³/mol. The quantitative estimate of drug-likeness (QED) is 0.517. The van der Waals surface area contributed by atoms with E-state index in [1.807, 2.05) is 18.2 Å². The van der Waals surface area contributed by atoms with E-state index in [9.17, 15) is 0 Å². The summed E-state index contributed by atoms with van der Waals surface area (Å²) in [5.41, 5.74) is 3.29. The maximum atomic E-state index is 5.82. The molecule has 0 aliphatic rings. The molecule has 5 heteroatoms. The molecule has 0 radical (unpaired) electrons. The zero-order valence-electron chi connectivity index (χ0n) is 13.3. The molecule has 2 aromatic carbocycles. The molecule has 0 saturated heterocycles. The summed E-state index contributed by atoms with van der Waals surface area (Å²) in [5.74, 6) is 2.44. The summed E-state index contributed by atoms with van der Waals surface area (Å²) in [5, 5.41) is 9.15. The van der Waals surface area contributed by atoms with Gasteiger partial charge in [-0.25, -0.2) is 4.98 Å². The number of thioether (sulfide) groups is 1. The van der Waals surface area contributed by atoms with E-state index in [1.165, 1.54) is 5.56 Å². The van der Waals surface area contributed by atoms with Gasteiger partial charge in [0.25, 0.3) is 0 Å². The number of rotatable bonds is 5. The van der Waals surface area contributed by atoms with Gasteiger partial charge in [0.05, 0.1) is 5.75 Å². The highest BCUT2D eigenvalue weighted by molar-refractivity contribution is 7.98. The Bertz CT molecular complexity index is 923. The van der Waals surface area contributed by atoms with Crippen molar-refractivity contribution < 1.29 is 4.42 Å². The maximum Gasteiger partial charge on any atom is 0.209 e. The zero-order valence-corrected chi connectivity index (χ0v) is 14.1. The Morgan fingerprint density at radius 3 is 2.71 bits per heavy atom. The van der Waals surface area contributed by atoms with Crippen molar-refractivity contribution in [3.8, 4) is 11.4 Å². The lowest BCUT2D eigenvalue weighted by Crippen LogP contribution is -1.83. The fourth-order valence-electron chi connectivity index (χ4n) is 2.58. The normalized spacial score (nSPS) is 11.2. The summed E-state index contributed by atoms with van der Waals surface area (Å²) < 4.78 is 5.82. The molecule has 2 heterocycles. The van der Waals surface area contributed by atoms with Crippen molar-refractivity contribution in [2.24, 2.45) is 0 Å². The van der Waals surface area contributed by atoms with E-state index in [-0.39, 0.29) is 0 Å². The maximum absolute atomic E-state index is 5.82. The summed E-state index contributed by atoms with van der Waals surface area (Å²) in [6, 6.07) is 18.5. The molecule has 0 spiro atoms. The van der Waals surface area contributed by atoms with Crippen molar-refractivity contribution in [2.75, 3.05) is 0 Å². The third-order valence-electron chi connectivity index (χ3n) is 3.92. The predicted octanol–water partition coefficient (Wildman–Crippen LogP) is 5.07. The number of nitrogens with zero attached hydrogens (tertiary/aromatic N) is 2. The summed E-state index contributed by atoms with van der Waals surface area (Å²) in [7, 11) is 0. The fraction of sp³-hybridized carbons (Fsp3) is 0.158. The molecule has 0 fully saturated rings. The molecule has 0 bridgehead atoms. The number of furan rings is 1. The minimum Gasteiger partial charge on any atom is -0.460 e. The number of hydrogen-bond donors (Lipinski definition) is 1. The van der Waals surface area contributed by atoms with Crippen LogP contribution in [-0.2, 0) is 12.2 Å². The molecule has 24 heavy (non-hydrogen) atoms. The minimum absolute atomic E-state index is 0.709. The van der Waals surface area contributed by atoms with Crippen LogP contribution < -0.4 is 0 Å². The van der Waals surface area contributed by atoms with Gasteiger partial charge >= 0.3 is 0 Å². The van der Waals surface area contributed by atoms with Crippen LogP contribution in [0.3, 0.4) is 0 Å². The zero-order chi connectivity index (χ0) is 16.4. The van der Waals surface area contributed by atoms with Crippen molar-refractivity contribution in [3.63, 3.8) is 0 Å². The smallest absolute Gasteiger partial charge is 0.209 e. The average Bonchev–Trinajstić information content (AvgIpc) is 3.26. The lowest BCUT2D eigenvalue weighted by molar-refractivity contribution is 0.574. The minimum atomic E-state index is 0.709. The van der Waals surface area contributed by atoms with E-state index in [4.69, 9.17) is 4.42 Å². The molecule has 4 nitrogen and oxygen atoms in total. The molecule has 0 aliphatic carbocycles. The van der Waals surface area contributed by atoms with Crippen LogP contribution in [0.15, 0.2) is 64.2 Å². The lowest BCUT2D eigenvalue weighted by Gasteiger charge is -1.98. The number of H-pyrrole nitrogens is 1. The van der Waals surface area contributed by atoms with Crippen molar-refractivity contribution in [2.45, 2.75) is 24.3 Å². The average molecular weight is 335 g/mol. The molecule has 4 aromatic rings. The molecule has 0 saturated carbocycles. The molecule has 0 aliphatic heterocycles. The highest BCUT2D eigenvalue weighted by Gasteiger charge is 2.09. The monoisotopic (exact) mass is 335 g/mol. The number of para-hydroxylation sites is 1. The Morgan fingerprint density at radius 2 is 1.92 bits per heavy atom. The van der Waals surface area contributed by atoms with Crippen LogP contribution in [0.2, 0.25) is 0 Å². The molecule has 0 unspecified atom stereocenters. The van der Waals surface area contributed by atoms with Crippen molar-refractivity contribution >= 4 is 22.7 Å². The Labute approximate surface area is 144 Å². The van der Waals surface area contributed by atoms with Crippen LogP contribution in [0.25, 0.3) is 22.4 Å². The van der Waals surface area contributed by atoms with Crippen LogP contribution in [0.4, 0.5) is 0 Å². The van der Waals surface area contributed by atoms with Gasteiger partial charge in [-0.15, -0.1) is 5.10 Å². The van der Waals surface area contributed by atoms with Crippen LogP contribution in [0.5, 0.6) is 0 Å². The first-order chi connectivity index (χ1) is 11.8. The van der Waals surface area contributed by atoms with Crippen molar-refractivity contribution in [1.82, 2.24) is 15.2 Å². The van der Waals surface area contributed by atoms with Gasteiger partial charge in [-0.3, -0.25) is 5.10 Å². The summed E-state index contributed by atoms with van der Waals surface area (Å²) in [4.78, 5) is 4.56. The second-order valence-corrected chi connectivity index (χ2v) is 6.50. The van der Waals surface area contributed by atoms with Crippen molar-refractivity contribution in [1.29, 1.82) is 0 Å². The summed E-state index contributed by atoms with van der Waals surface area (Å²) >= 11 is 1.56. The van der Waals surface area contributed by atoms with Crippen LogP contribution in [-0.4, -0.2) is 15.2 Å². The Hall–Kier alpha value is -2.53. The van der Waals surface area contributed by atoms with Gasteiger partial charge in [0.1, 0.15) is 11.3 Å². The second kappa shape index (κ2) is 6.53. The number of aryl methyl sites for hydroxylation is 1. The van der Waals surface area contributed by atoms with Gasteiger partial charge in [0.2, 0.25) is 5.16 Å². The number of nitrogens with one attached hydrogen (secondary N) is 1. The fourth-order valence-corrected chi connectivity index (χ4v) is 3.26. The van der Waals surface area contributed by atoms with Gasteiger partial charge in [0, 0.05) is 10.9 Å². The Morgan fingerprint density at radius 1 is 1.08 bits per heavy atom.